The van der Waals surface area contributed by atoms with E-state index in [-0.39, 0.29) is 22.9 Å². The highest BCUT2D eigenvalue weighted by Crippen LogP contribution is 2.28. The largest absolute Gasteiger partial charge is 0.299 e. The Labute approximate surface area is 175 Å². The minimum Gasteiger partial charge on any atom is -0.299 e. The van der Waals surface area contributed by atoms with Crippen molar-refractivity contribution in [2.75, 3.05) is 6.54 Å². The molecule has 2 aromatic rings. The molecule has 0 atom stereocenters. The van der Waals surface area contributed by atoms with Gasteiger partial charge in [0.05, 0.1) is 12.2 Å². The number of halogens is 2. The predicted octanol–water partition coefficient (Wildman–Crippen LogP) is 5.26. The summed E-state index contributed by atoms with van der Waals surface area (Å²) in [6.07, 6.45) is 1.78. The van der Waals surface area contributed by atoms with E-state index in [2.05, 4.69) is 32.9 Å². The second-order valence-corrected chi connectivity index (χ2v) is 7.00. The molecule has 0 bridgehead atoms. The molecule has 0 aromatic heterocycles. The van der Waals surface area contributed by atoms with Gasteiger partial charge in [-0.3, -0.25) is 15.1 Å². The normalized spacial score (nSPS) is 13.2. The third kappa shape index (κ3) is 5.09. The Morgan fingerprint density at radius 1 is 1.23 bits per heavy atom. The van der Waals surface area contributed by atoms with E-state index in [4.69, 9.17) is 0 Å². The molecule has 1 amide bonds. The van der Waals surface area contributed by atoms with E-state index in [1.54, 1.807) is 18.2 Å². The van der Waals surface area contributed by atoms with Crippen molar-refractivity contribution in [3.05, 3.63) is 88.3 Å². The molecule has 0 saturated heterocycles. The summed E-state index contributed by atoms with van der Waals surface area (Å²) < 4.78 is 0.859. The van der Waals surface area contributed by atoms with E-state index < -0.39 is 0 Å². The average Bonchev–Trinajstić information content (AvgIpc) is 2.63. The molecule has 1 aliphatic rings. The zero-order valence-electron chi connectivity index (χ0n) is 13.8. The summed E-state index contributed by atoms with van der Waals surface area (Å²) >= 11 is 4.77. The standard InChI is InChI=1S/C19H16BrN3OS.BrH/c1-2-11-23-17(14-7-4-3-5-8-14)13-25-19(22-23)21-18(24)15-9-6-10-16(20)12-15;/h2-10,12-13H,1,11H2,(H,21,22,24);1H. The molecule has 134 valence electrons. The number of amidine groups is 1. The maximum atomic E-state index is 12.4. The SMILES string of the molecule is Br.C=CCN1N=C(NC(=O)c2cccc(Br)c2)SC=C1c1ccccc1. The average molecular weight is 495 g/mol. The molecule has 26 heavy (non-hydrogen) atoms. The van der Waals surface area contributed by atoms with Gasteiger partial charge in [-0.05, 0) is 18.2 Å². The first kappa shape index (κ1) is 20.5. The van der Waals surface area contributed by atoms with Crippen LogP contribution in [0.3, 0.4) is 0 Å². The first-order valence-electron chi connectivity index (χ1n) is 7.63. The van der Waals surface area contributed by atoms with Gasteiger partial charge in [-0.1, -0.05) is 70.2 Å². The maximum absolute atomic E-state index is 12.4. The Kier molecular flexibility index (Phi) is 7.68. The molecule has 2 aromatic carbocycles. The molecule has 0 spiro atoms. The van der Waals surface area contributed by atoms with Gasteiger partial charge in [-0.25, -0.2) is 0 Å². The van der Waals surface area contributed by atoms with Crippen molar-refractivity contribution in [2.45, 2.75) is 0 Å². The molecule has 0 fully saturated rings. The third-order valence-electron chi connectivity index (χ3n) is 3.45. The number of carbonyl (C=O) groups is 1. The number of thioether (sulfide) groups is 1. The van der Waals surface area contributed by atoms with Crippen LogP contribution in [0.25, 0.3) is 5.70 Å². The zero-order valence-corrected chi connectivity index (χ0v) is 17.9. The lowest BCUT2D eigenvalue weighted by atomic mass is 10.2. The van der Waals surface area contributed by atoms with Gasteiger partial charge in [0.1, 0.15) is 0 Å². The monoisotopic (exact) mass is 493 g/mol. The van der Waals surface area contributed by atoms with Gasteiger partial charge in [0, 0.05) is 21.0 Å². The summed E-state index contributed by atoms with van der Waals surface area (Å²) in [6.45, 7) is 4.34. The Morgan fingerprint density at radius 2 is 2.00 bits per heavy atom. The molecule has 4 nitrogen and oxygen atoms in total. The van der Waals surface area contributed by atoms with Crippen molar-refractivity contribution in [1.82, 2.24) is 10.3 Å². The minimum absolute atomic E-state index is 0. The first-order chi connectivity index (χ1) is 12.2. The highest BCUT2D eigenvalue weighted by molar-refractivity contribution is 9.10. The summed E-state index contributed by atoms with van der Waals surface area (Å²) in [4.78, 5) is 12.4. The second-order valence-electron chi connectivity index (χ2n) is 5.23. The maximum Gasteiger partial charge on any atom is 0.257 e. The Balaban J connectivity index is 0.00000243. The topological polar surface area (TPSA) is 44.7 Å². The van der Waals surface area contributed by atoms with E-state index in [9.17, 15) is 4.79 Å². The molecule has 0 saturated carbocycles. The molecule has 7 heteroatoms. The van der Waals surface area contributed by atoms with Crippen LogP contribution in [0.5, 0.6) is 0 Å². The summed E-state index contributed by atoms with van der Waals surface area (Å²) in [5.74, 6) is -0.192. The van der Waals surface area contributed by atoms with E-state index in [0.717, 1.165) is 15.7 Å². The number of hydrogen-bond donors (Lipinski definition) is 1. The zero-order chi connectivity index (χ0) is 17.6. The lowest BCUT2D eigenvalue weighted by Crippen LogP contribution is -2.32. The molecule has 3 rings (SSSR count). The Hall–Kier alpha value is -1.83. The van der Waals surface area contributed by atoms with Crippen molar-refractivity contribution in [1.29, 1.82) is 0 Å². The third-order valence-corrected chi connectivity index (χ3v) is 4.69. The van der Waals surface area contributed by atoms with Crippen LogP contribution in [0.15, 0.2) is 82.2 Å². The fourth-order valence-electron chi connectivity index (χ4n) is 2.30. The molecule has 0 radical (unpaired) electrons. The van der Waals surface area contributed by atoms with Gasteiger partial charge < -0.3 is 0 Å². The summed E-state index contributed by atoms with van der Waals surface area (Å²) in [5, 5.41) is 11.8. The highest BCUT2D eigenvalue weighted by Gasteiger charge is 2.18. The van der Waals surface area contributed by atoms with E-state index in [1.807, 2.05) is 52.9 Å². The van der Waals surface area contributed by atoms with E-state index in [1.165, 1.54) is 11.8 Å². The van der Waals surface area contributed by atoms with Crippen LogP contribution in [0.1, 0.15) is 15.9 Å². The van der Waals surface area contributed by atoms with Gasteiger partial charge in [-0.2, -0.15) is 0 Å². The number of amides is 1. The van der Waals surface area contributed by atoms with Gasteiger partial charge >= 0.3 is 0 Å². The number of rotatable bonds is 4. The Bertz CT molecular complexity index is 853. The molecule has 0 unspecified atom stereocenters. The molecule has 1 N–H and O–H groups in total. The molecule has 1 aliphatic heterocycles. The minimum atomic E-state index is -0.192. The highest BCUT2D eigenvalue weighted by atomic mass is 79.9. The van der Waals surface area contributed by atoms with E-state index >= 15 is 0 Å². The van der Waals surface area contributed by atoms with Crippen LogP contribution >= 0.6 is 44.7 Å². The number of benzene rings is 2. The van der Waals surface area contributed by atoms with Crippen molar-refractivity contribution in [3.63, 3.8) is 0 Å². The van der Waals surface area contributed by atoms with Crippen LogP contribution in [0, 0.1) is 0 Å². The van der Waals surface area contributed by atoms with Gasteiger partial charge in [-0.15, -0.1) is 28.7 Å². The summed E-state index contributed by atoms with van der Waals surface area (Å²) in [7, 11) is 0. The fourth-order valence-corrected chi connectivity index (χ4v) is 3.48. The number of hydrogen-bond acceptors (Lipinski definition) is 4. The van der Waals surface area contributed by atoms with Gasteiger partial charge in [0.15, 0.2) is 5.17 Å². The van der Waals surface area contributed by atoms with Crippen LogP contribution < -0.4 is 5.32 Å². The second kappa shape index (κ2) is 9.75. The van der Waals surface area contributed by atoms with Crippen LogP contribution in [-0.4, -0.2) is 22.6 Å². The van der Waals surface area contributed by atoms with Gasteiger partial charge in [0.25, 0.3) is 5.91 Å². The molecular weight excluding hydrogens is 478 g/mol. The fraction of sp³-hybridized carbons (Fsp3) is 0.0526. The Morgan fingerprint density at radius 3 is 2.69 bits per heavy atom. The van der Waals surface area contributed by atoms with Crippen LogP contribution in [0.2, 0.25) is 0 Å². The van der Waals surface area contributed by atoms with Crippen molar-refractivity contribution in [3.8, 4) is 0 Å². The number of nitrogens with one attached hydrogen (secondary N) is 1. The summed E-state index contributed by atoms with van der Waals surface area (Å²) in [6, 6.07) is 17.3. The van der Waals surface area contributed by atoms with Crippen LogP contribution in [-0.2, 0) is 0 Å². The van der Waals surface area contributed by atoms with Crippen molar-refractivity contribution < 1.29 is 4.79 Å². The number of nitrogens with zero attached hydrogens (tertiary/aromatic N) is 2. The summed E-state index contributed by atoms with van der Waals surface area (Å²) in [5.41, 5.74) is 2.62. The molecular formula is C19H17Br2N3OS. The van der Waals surface area contributed by atoms with E-state index in [0.29, 0.717) is 17.3 Å². The molecule has 1 heterocycles. The quantitative estimate of drug-likeness (QED) is 0.589. The van der Waals surface area contributed by atoms with Crippen molar-refractivity contribution >= 4 is 61.4 Å². The lowest BCUT2D eigenvalue weighted by molar-refractivity contribution is 0.0977. The number of hydrazone groups is 1. The predicted molar refractivity (Wildman–Crippen MR) is 118 cm³/mol. The molecule has 0 aliphatic carbocycles. The number of carbonyl (C=O) groups excluding carboxylic acids is 1. The van der Waals surface area contributed by atoms with Crippen LogP contribution in [0.4, 0.5) is 0 Å². The van der Waals surface area contributed by atoms with Gasteiger partial charge in [0.2, 0.25) is 0 Å². The van der Waals surface area contributed by atoms with Crippen molar-refractivity contribution in [2.24, 2.45) is 5.10 Å². The lowest BCUT2D eigenvalue weighted by Gasteiger charge is -2.25. The smallest absolute Gasteiger partial charge is 0.257 e. The first-order valence-corrected chi connectivity index (χ1v) is 9.31.